The van der Waals surface area contributed by atoms with Crippen LogP contribution in [-0.2, 0) is 11.0 Å². The molecule has 1 aliphatic rings. The highest BCUT2D eigenvalue weighted by molar-refractivity contribution is 8.00. The van der Waals surface area contributed by atoms with Crippen molar-refractivity contribution in [3.8, 4) is 11.6 Å². The van der Waals surface area contributed by atoms with Crippen LogP contribution >= 0.6 is 23.4 Å². The molecule has 1 atom stereocenters. The average Bonchev–Trinajstić information content (AvgIpc) is 3.44. The van der Waals surface area contributed by atoms with Gasteiger partial charge >= 0.3 is 6.18 Å². The molecule has 0 aliphatic heterocycles. The Labute approximate surface area is 197 Å². The molecule has 6 nitrogen and oxygen atoms in total. The zero-order valence-electron chi connectivity index (χ0n) is 17.7. The molecule has 2 aromatic heterocycles. The maximum atomic E-state index is 13.4. The largest absolute Gasteiger partial charge is 0.461 e. The van der Waals surface area contributed by atoms with Gasteiger partial charge in [0.2, 0.25) is 11.7 Å². The first-order chi connectivity index (χ1) is 15.7. The maximum absolute atomic E-state index is 13.4. The molecule has 1 amide bonds. The van der Waals surface area contributed by atoms with Crippen molar-refractivity contribution in [3.05, 3.63) is 47.2 Å². The topological polar surface area (TPSA) is 73.0 Å². The number of thioether (sulfide) groups is 1. The summed E-state index contributed by atoms with van der Waals surface area (Å²) in [5.74, 6) is 0.581. The predicted molar refractivity (Wildman–Crippen MR) is 120 cm³/mol. The van der Waals surface area contributed by atoms with E-state index >= 15 is 0 Å². The van der Waals surface area contributed by atoms with Crippen LogP contribution in [0.1, 0.15) is 50.6 Å². The molecule has 1 aromatic carbocycles. The Bertz CT molecular complexity index is 1110. The number of alkyl halides is 3. The molecule has 1 aliphatic carbocycles. The van der Waals surface area contributed by atoms with E-state index in [0.29, 0.717) is 16.7 Å². The van der Waals surface area contributed by atoms with Crippen LogP contribution in [-0.4, -0.2) is 25.9 Å². The zero-order chi connectivity index (χ0) is 23.6. The first-order valence-corrected chi connectivity index (χ1v) is 11.8. The van der Waals surface area contributed by atoms with E-state index in [-0.39, 0.29) is 16.8 Å². The third-order valence-corrected chi connectivity index (χ3v) is 6.83. The smallest absolute Gasteiger partial charge is 0.418 e. The van der Waals surface area contributed by atoms with Gasteiger partial charge in [0.05, 0.1) is 22.8 Å². The lowest BCUT2D eigenvalue weighted by Gasteiger charge is -2.25. The molecule has 4 rings (SSSR count). The molecule has 0 spiro atoms. The number of anilines is 1. The lowest BCUT2D eigenvalue weighted by Crippen LogP contribution is -2.25. The number of furan rings is 1. The van der Waals surface area contributed by atoms with Gasteiger partial charge in [-0.3, -0.25) is 9.36 Å². The summed E-state index contributed by atoms with van der Waals surface area (Å²) < 4.78 is 47.6. The fourth-order valence-corrected chi connectivity index (χ4v) is 5.00. The molecule has 1 unspecified atom stereocenters. The van der Waals surface area contributed by atoms with Crippen LogP contribution in [0.5, 0.6) is 0 Å². The Hall–Kier alpha value is -2.46. The van der Waals surface area contributed by atoms with Crippen molar-refractivity contribution in [2.24, 2.45) is 0 Å². The van der Waals surface area contributed by atoms with Gasteiger partial charge in [-0.25, -0.2) is 0 Å². The Balaban J connectivity index is 1.56. The van der Waals surface area contributed by atoms with Gasteiger partial charge in [-0.1, -0.05) is 42.6 Å². The first kappa shape index (κ1) is 23.7. The van der Waals surface area contributed by atoms with E-state index in [0.717, 1.165) is 49.6 Å². The van der Waals surface area contributed by atoms with Crippen LogP contribution in [0.2, 0.25) is 5.02 Å². The van der Waals surface area contributed by atoms with Crippen molar-refractivity contribution in [2.75, 3.05) is 5.32 Å². The lowest BCUT2D eigenvalue weighted by molar-refractivity contribution is -0.137. The van der Waals surface area contributed by atoms with Crippen LogP contribution in [0.25, 0.3) is 11.6 Å². The zero-order valence-corrected chi connectivity index (χ0v) is 19.3. The second-order valence-electron chi connectivity index (χ2n) is 7.88. The normalized spacial score (nSPS) is 16.0. The van der Waals surface area contributed by atoms with E-state index in [1.807, 2.05) is 4.57 Å². The Morgan fingerprint density at radius 2 is 2.00 bits per heavy atom. The molecule has 11 heteroatoms. The highest BCUT2D eigenvalue weighted by Gasteiger charge is 2.35. The van der Waals surface area contributed by atoms with Crippen LogP contribution in [0.4, 0.5) is 18.9 Å². The SMILES string of the molecule is CC(Sc1nnc(-c2ccco2)n1C1CCCCC1)C(=O)Nc1ccc(Cl)cc1C(F)(F)F. The number of benzene rings is 1. The summed E-state index contributed by atoms with van der Waals surface area (Å²) >= 11 is 6.88. The summed E-state index contributed by atoms with van der Waals surface area (Å²) in [6, 6.07) is 6.99. The highest BCUT2D eigenvalue weighted by atomic mass is 35.5. The summed E-state index contributed by atoms with van der Waals surface area (Å²) in [5, 5.41) is 10.7. The summed E-state index contributed by atoms with van der Waals surface area (Å²) in [6.07, 6.45) is 2.15. The van der Waals surface area contributed by atoms with Crippen LogP contribution in [0, 0.1) is 0 Å². The van der Waals surface area contributed by atoms with Gasteiger partial charge < -0.3 is 9.73 Å². The number of carbonyl (C=O) groups excluding carboxylic acids is 1. The molecule has 1 saturated carbocycles. The van der Waals surface area contributed by atoms with Crippen molar-refractivity contribution in [1.82, 2.24) is 14.8 Å². The number of halogens is 4. The highest BCUT2D eigenvalue weighted by Crippen LogP contribution is 2.38. The Morgan fingerprint density at radius 3 is 2.67 bits per heavy atom. The minimum Gasteiger partial charge on any atom is -0.461 e. The van der Waals surface area contributed by atoms with E-state index < -0.39 is 22.9 Å². The number of nitrogens with one attached hydrogen (secondary N) is 1. The van der Waals surface area contributed by atoms with Crippen LogP contribution < -0.4 is 5.32 Å². The van der Waals surface area contributed by atoms with Gasteiger partial charge in [-0.2, -0.15) is 13.2 Å². The second kappa shape index (κ2) is 9.80. The minimum atomic E-state index is -4.65. The fourth-order valence-electron chi connectivity index (χ4n) is 3.91. The molecule has 0 bridgehead atoms. The maximum Gasteiger partial charge on any atom is 0.418 e. The van der Waals surface area contributed by atoms with Crippen molar-refractivity contribution < 1.29 is 22.4 Å². The van der Waals surface area contributed by atoms with E-state index in [1.54, 1.807) is 25.3 Å². The predicted octanol–water partition coefficient (Wildman–Crippen LogP) is 6.83. The van der Waals surface area contributed by atoms with Crippen LogP contribution in [0.15, 0.2) is 46.2 Å². The molecule has 0 radical (unpaired) electrons. The summed E-state index contributed by atoms with van der Waals surface area (Å²) in [5.41, 5.74) is -1.33. The third-order valence-electron chi connectivity index (χ3n) is 5.54. The number of amides is 1. The third kappa shape index (κ3) is 5.38. The van der Waals surface area contributed by atoms with E-state index in [1.165, 1.54) is 12.5 Å². The average molecular weight is 499 g/mol. The second-order valence-corrected chi connectivity index (χ2v) is 9.63. The van der Waals surface area contributed by atoms with Gasteiger partial charge in [0.25, 0.3) is 0 Å². The van der Waals surface area contributed by atoms with E-state index in [9.17, 15) is 18.0 Å². The van der Waals surface area contributed by atoms with E-state index in [4.69, 9.17) is 16.0 Å². The van der Waals surface area contributed by atoms with Crippen molar-refractivity contribution in [3.63, 3.8) is 0 Å². The van der Waals surface area contributed by atoms with Gasteiger partial charge in [-0.15, -0.1) is 10.2 Å². The number of carbonyl (C=O) groups is 1. The number of rotatable bonds is 6. The van der Waals surface area contributed by atoms with Gasteiger partial charge in [0.15, 0.2) is 10.9 Å². The van der Waals surface area contributed by atoms with Gasteiger partial charge in [0.1, 0.15) is 0 Å². The quantitative estimate of drug-likeness (QED) is 0.377. The standard InChI is InChI=1S/C22H22ClF3N4O2S/c1-13(20(31)27-17-10-9-14(23)12-16(17)22(24,25)26)33-21-29-28-19(18-8-5-11-32-18)30(21)15-6-3-2-4-7-15/h5,8-13,15H,2-4,6-7H2,1H3,(H,27,31). The van der Waals surface area contributed by atoms with Gasteiger partial charge in [-0.05, 0) is 50.1 Å². The Morgan fingerprint density at radius 1 is 1.24 bits per heavy atom. The molecule has 0 saturated heterocycles. The molecule has 1 N–H and O–H groups in total. The monoisotopic (exact) mass is 498 g/mol. The van der Waals surface area contributed by atoms with E-state index in [2.05, 4.69) is 15.5 Å². The lowest BCUT2D eigenvalue weighted by atomic mass is 9.95. The molecule has 2 heterocycles. The van der Waals surface area contributed by atoms with Crippen molar-refractivity contribution in [1.29, 1.82) is 0 Å². The number of hydrogen-bond acceptors (Lipinski definition) is 5. The summed E-state index contributed by atoms with van der Waals surface area (Å²) in [4.78, 5) is 12.8. The van der Waals surface area contributed by atoms with Gasteiger partial charge in [0, 0.05) is 11.1 Å². The minimum absolute atomic E-state index is 0.0613. The summed E-state index contributed by atoms with van der Waals surface area (Å²) in [6.45, 7) is 1.62. The molecule has 1 fully saturated rings. The fraction of sp³-hybridized carbons (Fsp3) is 0.409. The number of hydrogen-bond donors (Lipinski definition) is 1. The van der Waals surface area contributed by atoms with Crippen LogP contribution in [0.3, 0.4) is 0 Å². The number of nitrogens with zero attached hydrogens (tertiary/aromatic N) is 3. The Kier molecular flexibility index (Phi) is 7.04. The van der Waals surface area contributed by atoms with Crippen molar-refractivity contribution >= 4 is 35.0 Å². The molecule has 176 valence electrons. The number of aromatic nitrogens is 3. The van der Waals surface area contributed by atoms with Crippen molar-refractivity contribution in [2.45, 2.75) is 61.7 Å². The first-order valence-electron chi connectivity index (χ1n) is 10.6. The molecular formula is C22H22ClF3N4O2S. The molecular weight excluding hydrogens is 477 g/mol. The summed E-state index contributed by atoms with van der Waals surface area (Å²) in [7, 11) is 0. The molecule has 3 aromatic rings. The molecule has 33 heavy (non-hydrogen) atoms.